The highest BCUT2D eigenvalue weighted by Gasteiger charge is 2.15. The Hall–Kier alpha value is -1.36. The molecule has 1 heterocycles. The number of nitrogens with zero attached hydrogens (tertiary/aromatic N) is 3. The Kier molecular flexibility index (Phi) is 4.49. The zero-order chi connectivity index (χ0) is 12.1. The van der Waals surface area contributed by atoms with Crippen molar-refractivity contribution in [2.45, 2.75) is 20.8 Å². The second-order valence-electron chi connectivity index (χ2n) is 3.86. The first-order valence-electron chi connectivity index (χ1n) is 5.44. The molecule has 5 heteroatoms. The minimum absolute atomic E-state index is 0.0159. The monoisotopic (exact) mass is 225 g/mol. The highest BCUT2D eigenvalue weighted by atomic mass is 16.5. The van der Waals surface area contributed by atoms with Gasteiger partial charge in [0, 0.05) is 26.1 Å². The molecule has 0 atom stereocenters. The van der Waals surface area contributed by atoms with Crippen LogP contribution in [0.5, 0.6) is 0 Å². The molecule has 1 rings (SSSR count). The van der Waals surface area contributed by atoms with E-state index in [1.54, 1.807) is 11.0 Å². The third-order valence-electron chi connectivity index (χ3n) is 2.52. The van der Waals surface area contributed by atoms with Crippen LogP contribution in [-0.4, -0.2) is 42.6 Å². The first-order valence-corrected chi connectivity index (χ1v) is 5.44. The van der Waals surface area contributed by atoms with Gasteiger partial charge in [-0.15, -0.1) is 0 Å². The minimum Gasteiger partial charge on any atom is -0.360 e. The van der Waals surface area contributed by atoms with E-state index in [1.165, 1.54) is 6.92 Å². The fourth-order valence-electron chi connectivity index (χ4n) is 1.34. The van der Waals surface area contributed by atoms with Crippen LogP contribution < -0.4 is 4.90 Å². The molecular formula is C11H19N3O2. The Balaban J connectivity index is 2.65. The molecule has 5 nitrogen and oxygen atoms in total. The maximum Gasteiger partial charge on any atom is 0.225 e. The van der Waals surface area contributed by atoms with Crippen LogP contribution in [0.1, 0.15) is 19.6 Å². The van der Waals surface area contributed by atoms with E-state index < -0.39 is 0 Å². The molecule has 0 aliphatic rings. The summed E-state index contributed by atoms with van der Waals surface area (Å²) in [6.45, 7) is 7.85. The third-order valence-corrected chi connectivity index (χ3v) is 2.52. The van der Waals surface area contributed by atoms with E-state index in [0.717, 1.165) is 13.1 Å². The maximum atomic E-state index is 11.5. The summed E-state index contributed by atoms with van der Waals surface area (Å²) < 4.78 is 4.97. The number of anilines is 1. The molecule has 16 heavy (non-hydrogen) atoms. The quantitative estimate of drug-likeness (QED) is 0.757. The molecule has 0 saturated heterocycles. The summed E-state index contributed by atoms with van der Waals surface area (Å²) >= 11 is 0. The van der Waals surface area contributed by atoms with E-state index in [1.807, 2.05) is 14.0 Å². The Morgan fingerprint density at radius 1 is 1.50 bits per heavy atom. The number of rotatable bonds is 5. The largest absolute Gasteiger partial charge is 0.360 e. The van der Waals surface area contributed by atoms with Gasteiger partial charge in [-0.2, -0.15) is 0 Å². The number of hydrogen-bond acceptors (Lipinski definition) is 4. The van der Waals surface area contributed by atoms with Crippen LogP contribution in [0.4, 0.5) is 5.82 Å². The summed E-state index contributed by atoms with van der Waals surface area (Å²) in [7, 11) is 2.02. The standard InChI is InChI=1S/C11H19N3O2/c1-5-13(4)6-7-14(10(3)15)11-8-9(2)16-12-11/h8H,5-7H2,1-4H3. The normalized spacial score (nSPS) is 10.8. The van der Waals surface area contributed by atoms with Gasteiger partial charge in [-0.05, 0) is 20.5 Å². The Morgan fingerprint density at radius 3 is 2.62 bits per heavy atom. The number of aromatic nitrogens is 1. The molecule has 90 valence electrons. The first-order chi connectivity index (χ1) is 7.54. The molecule has 1 aromatic heterocycles. The van der Waals surface area contributed by atoms with Gasteiger partial charge in [0.1, 0.15) is 5.76 Å². The van der Waals surface area contributed by atoms with Gasteiger partial charge in [0.2, 0.25) is 5.91 Å². The van der Waals surface area contributed by atoms with Gasteiger partial charge in [-0.25, -0.2) is 0 Å². The predicted octanol–water partition coefficient (Wildman–Crippen LogP) is 1.29. The Morgan fingerprint density at radius 2 is 2.19 bits per heavy atom. The number of carbonyl (C=O) groups excluding carboxylic acids is 1. The van der Waals surface area contributed by atoms with E-state index in [4.69, 9.17) is 4.52 Å². The fourth-order valence-corrected chi connectivity index (χ4v) is 1.34. The van der Waals surface area contributed by atoms with Crippen LogP contribution in [-0.2, 0) is 4.79 Å². The van der Waals surface area contributed by atoms with Crippen LogP contribution in [0, 0.1) is 6.92 Å². The Labute approximate surface area is 96.0 Å². The number of aryl methyl sites for hydroxylation is 1. The average molecular weight is 225 g/mol. The Bertz CT molecular complexity index is 349. The molecule has 0 aliphatic carbocycles. The van der Waals surface area contributed by atoms with Gasteiger partial charge in [0.15, 0.2) is 5.82 Å². The van der Waals surface area contributed by atoms with Crippen LogP contribution in [0.2, 0.25) is 0 Å². The molecule has 0 N–H and O–H groups in total. The van der Waals surface area contributed by atoms with Gasteiger partial charge in [-0.1, -0.05) is 12.1 Å². The molecule has 0 saturated carbocycles. The lowest BCUT2D eigenvalue weighted by molar-refractivity contribution is -0.116. The van der Waals surface area contributed by atoms with Crippen molar-refractivity contribution in [3.63, 3.8) is 0 Å². The van der Waals surface area contributed by atoms with Crippen molar-refractivity contribution in [1.29, 1.82) is 0 Å². The topological polar surface area (TPSA) is 49.6 Å². The first kappa shape index (κ1) is 12.7. The van der Waals surface area contributed by atoms with Crippen LogP contribution in [0.15, 0.2) is 10.6 Å². The average Bonchev–Trinajstić information content (AvgIpc) is 2.64. The SMILES string of the molecule is CCN(C)CCN(C(C)=O)c1cc(C)on1. The van der Waals surface area contributed by atoms with Gasteiger partial charge in [0.25, 0.3) is 0 Å². The van der Waals surface area contributed by atoms with Crippen molar-refractivity contribution in [2.24, 2.45) is 0 Å². The van der Waals surface area contributed by atoms with Crippen molar-refractivity contribution in [3.05, 3.63) is 11.8 Å². The van der Waals surface area contributed by atoms with Crippen LogP contribution in [0.25, 0.3) is 0 Å². The predicted molar refractivity (Wildman–Crippen MR) is 62.4 cm³/mol. The smallest absolute Gasteiger partial charge is 0.225 e. The highest BCUT2D eigenvalue weighted by molar-refractivity contribution is 5.90. The molecule has 0 radical (unpaired) electrons. The third kappa shape index (κ3) is 3.34. The second kappa shape index (κ2) is 5.65. The number of amides is 1. The van der Waals surface area contributed by atoms with Gasteiger partial charge in [-0.3, -0.25) is 9.69 Å². The zero-order valence-corrected chi connectivity index (χ0v) is 10.4. The van der Waals surface area contributed by atoms with E-state index in [0.29, 0.717) is 18.1 Å². The van der Waals surface area contributed by atoms with E-state index in [2.05, 4.69) is 17.0 Å². The molecule has 0 unspecified atom stereocenters. The van der Waals surface area contributed by atoms with Crippen LogP contribution >= 0.6 is 0 Å². The van der Waals surface area contributed by atoms with Crippen molar-refractivity contribution in [2.75, 3.05) is 31.6 Å². The van der Waals surface area contributed by atoms with E-state index in [9.17, 15) is 4.79 Å². The summed E-state index contributed by atoms with van der Waals surface area (Å²) in [5.74, 6) is 1.29. The van der Waals surface area contributed by atoms with Crippen molar-refractivity contribution in [3.8, 4) is 0 Å². The molecule has 1 amide bonds. The van der Waals surface area contributed by atoms with Gasteiger partial charge in [0.05, 0.1) is 0 Å². The second-order valence-corrected chi connectivity index (χ2v) is 3.86. The molecule has 0 fully saturated rings. The number of carbonyl (C=O) groups is 1. The summed E-state index contributed by atoms with van der Waals surface area (Å²) in [5.41, 5.74) is 0. The molecule has 1 aromatic rings. The molecule has 0 aromatic carbocycles. The van der Waals surface area contributed by atoms with Crippen molar-refractivity contribution < 1.29 is 9.32 Å². The maximum absolute atomic E-state index is 11.5. The lowest BCUT2D eigenvalue weighted by Crippen LogP contribution is -2.36. The highest BCUT2D eigenvalue weighted by Crippen LogP contribution is 2.13. The summed E-state index contributed by atoms with van der Waals surface area (Å²) in [6, 6.07) is 1.77. The molecule has 0 aliphatic heterocycles. The van der Waals surface area contributed by atoms with Crippen LogP contribution in [0.3, 0.4) is 0 Å². The van der Waals surface area contributed by atoms with Gasteiger partial charge >= 0.3 is 0 Å². The summed E-state index contributed by atoms with van der Waals surface area (Å²) in [5, 5.41) is 3.85. The van der Waals surface area contributed by atoms with Gasteiger partial charge < -0.3 is 9.42 Å². The van der Waals surface area contributed by atoms with E-state index in [-0.39, 0.29) is 5.91 Å². The lowest BCUT2D eigenvalue weighted by atomic mass is 10.4. The zero-order valence-electron chi connectivity index (χ0n) is 10.4. The molecular weight excluding hydrogens is 206 g/mol. The van der Waals surface area contributed by atoms with Crippen molar-refractivity contribution in [1.82, 2.24) is 10.1 Å². The van der Waals surface area contributed by atoms with Crippen molar-refractivity contribution >= 4 is 11.7 Å². The lowest BCUT2D eigenvalue weighted by Gasteiger charge is -2.21. The summed E-state index contributed by atoms with van der Waals surface area (Å²) in [6.07, 6.45) is 0. The fraction of sp³-hybridized carbons (Fsp3) is 0.636. The summed E-state index contributed by atoms with van der Waals surface area (Å²) in [4.78, 5) is 15.2. The number of likely N-dealkylation sites (N-methyl/N-ethyl adjacent to an activating group) is 1. The minimum atomic E-state index is -0.0159. The molecule has 0 bridgehead atoms. The number of hydrogen-bond donors (Lipinski definition) is 0. The molecule has 0 spiro atoms. The van der Waals surface area contributed by atoms with E-state index >= 15 is 0 Å².